The van der Waals surface area contributed by atoms with Crippen molar-refractivity contribution in [1.29, 1.82) is 0 Å². The van der Waals surface area contributed by atoms with Gasteiger partial charge in [-0.3, -0.25) is 14.5 Å². The molecule has 1 aliphatic heterocycles. The number of benzene rings is 3. The molecule has 0 aliphatic carbocycles. The fourth-order valence-electron chi connectivity index (χ4n) is 4.63. The number of Topliss-reactive ketones (excluding diaryl/α,β-unsaturated/α-hetero) is 1. The summed E-state index contributed by atoms with van der Waals surface area (Å²) in [5, 5.41) is 24.0. The third kappa shape index (κ3) is 4.66. The Bertz CT molecular complexity index is 1780. The highest BCUT2D eigenvalue weighted by Gasteiger charge is 2.48. The molecule has 40 heavy (non-hydrogen) atoms. The molecular formula is C29H20FN3O4S3. The Balaban J connectivity index is 1.34. The maximum absolute atomic E-state index is 14.4. The van der Waals surface area contributed by atoms with E-state index in [1.165, 1.54) is 58.6 Å². The quantitative estimate of drug-likeness (QED) is 0.0732. The third-order valence-electron chi connectivity index (χ3n) is 6.52. The summed E-state index contributed by atoms with van der Waals surface area (Å²) >= 11 is 4.01. The zero-order chi connectivity index (χ0) is 27.8. The molecule has 3 heterocycles. The number of anilines is 1. The van der Waals surface area contributed by atoms with Crippen LogP contribution in [-0.2, 0) is 15.3 Å². The highest BCUT2D eigenvalue weighted by Crippen LogP contribution is 2.45. The van der Waals surface area contributed by atoms with E-state index in [0.717, 1.165) is 22.4 Å². The molecule has 2 aromatic heterocycles. The molecule has 0 radical (unpaired) electrons. The van der Waals surface area contributed by atoms with Gasteiger partial charge in [0, 0.05) is 16.2 Å². The molecule has 0 spiro atoms. The van der Waals surface area contributed by atoms with Gasteiger partial charge in [0.1, 0.15) is 11.8 Å². The number of nitrogens with zero attached hydrogens (tertiary/aromatic N) is 3. The van der Waals surface area contributed by atoms with Gasteiger partial charge in [0.15, 0.2) is 15.9 Å². The third-order valence-corrected chi connectivity index (χ3v) is 9.54. The number of hydrogen-bond acceptors (Lipinski definition) is 9. The second kappa shape index (κ2) is 10.8. The van der Waals surface area contributed by atoms with Crippen molar-refractivity contribution < 1.29 is 23.8 Å². The van der Waals surface area contributed by atoms with Gasteiger partial charge in [0.05, 0.1) is 12.7 Å². The molecule has 200 valence electrons. The summed E-state index contributed by atoms with van der Waals surface area (Å²) in [6, 6.07) is 20.8. The lowest BCUT2D eigenvalue weighted by atomic mass is 10.00. The zero-order valence-corrected chi connectivity index (χ0v) is 23.4. The molecule has 0 unspecified atom stereocenters. The van der Waals surface area contributed by atoms with E-state index >= 15 is 0 Å². The van der Waals surface area contributed by atoms with E-state index in [4.69, 9.17) is 4.74 Å². The summed E-state index contributed by atoms with van der Waals surface area (Å²) in [7, 11) is 1.33. The molecule has 1 saturated heterocycles. The Hall–Kier alpha value is -4.06. The number of ketones is 1. The first kappa shape index (κ1) is 26.2. The molecule has 1 N–H and O–H groups in total. The number of aliphatic hydroxyl groups is 1. The van der Waals surface area contributed by atoms with Crippen molar-refractivity contribution in [2.75, 3.05) is 12.0 Å². The summed E-state index contributed by atoms with van der Waals surface area (Å²) in [4.78, 5) is 28.5. The number of thiophene rings is 1. The Labute approximate surface area is 240 Å². The van der Waals surface area contributed by atoms with E-state index in [2.05, 4.69) is 34.5 Å². The van der Waals surface area contributed by atoms with Crippen molar-refractivity contribution in [2.45, 2.75) is 16.1 Å². The molecule has 5 aromatic rings. The van der Waals surface area contributed by atoms with Crippen molar-refractivity contribution in [3.63, 3.8) is 0 Å². The minimum absolute atomic E-state index is 0.00537. The first-order valence-corrected chi connectivity index (χ1v) is 14.8. The average Bonchev–Trinajstić information content (AvgIpc) is 3.72. The molecule has 1 aliphatic rings. The molecule has 11 heteroatoms. The van der Waals surface area contributed by atoms with E-state index in [-0.39, 0.29) is 22.0 Å². The van der Waals surface area contributed by atoms with Gasteiger partial charge in [-0.05, 0) is 46.0 Å². The van der Waals surface area contributed by atoms with Crippen LogP contribution in [0.3, 0.4) is 0 Å². The number of methoxy groups -OCH3 is 1. The van der Waals surface area contributed by atoms with Crippen LogP contribution in [0.5, 0.6) is 5.75 Å². The van der Waals surface area contributed by atoms with Gasteiger partial charge in [-0.2, -0.15) is 0 Å². The number of aromatic nitrogens is 2. The van der Waals surface area contributed by atoms with Crippen LogP contribution in [0, 0.1) is 5.82 Å². The van der Waals surface area contributed by atoms with Crippen molar-refractivity contribution in [3.05, 3.63) is 106 Å². The fraction of sp³-hybridized carbons (Fsp3) is 0.103. The number of halogens is 1. The highest BCUT2D eigenvalue weighted by atomic mass is 32.2. The van der Waals surface area contributed by atoms with Crippen molar-refractivity contribution in [1.82, 2.24) is 10.2 Å². The standard InChI is InChI=1S/C29H20FN3O4S3/c1-37-21-12-11-17(14-20(21)30)25(34)23-24(22-10-5-13-38-22)33(27(36)26(23)35)28-31-32-29(40-28)39-15-18-8-4-7-16-6-2-3-9-19(16)18/h2-14,24,34H,15H2,1H3/t24-/m1/s1. The molecular weight excluding hydrogens is 570 g/mol. The van der Waals surface area contributed by atoms with Gasteiger partial charge < -0.3 is 9.84 Å². The minimum atomic E-state index is -0.936. The smallest absolute Gasteiger partial charge is 0.301 e. The van der Waals surface area contributed by atoms with E-state index in [9.17, 15) is 19.1 Å². The van der Waals surface area contributed by atoms with Gasteiger partial charge in [-0.15, -0.1) is 21.5 Å². The molecule has 1 atom stereocenters. The van der Waals surface area contributed by atoms with Gasteiger partial charge in [-0.1, -0.05) is 71.6 Å². The summed E-state index contributed by atoms with van der Waals surface area (Å²) < 4.78 is 20.0. The van der Waals surface area contributed by atoms with Crippen LogP contribution in [-0.4, -0.2) is 34.1 Å². The van der Waals surface area contributed by atoms with Crippen LogP contribution < -0.4 is 9.64 Å². The lowest BCUT2D eigenvalue weighted by molar-refractivity contribution is -0.132. The van der Waals surface area contributed by atoms with Crippen LogP contribution in [0.25, 0.3) is 16.5 Å². The van der Waals surface area contributed by atoms with Crippen LogP contribution in [0.2, 0.25) is 0 Å². The molecule has 0 bridgehead atoms. The normalized spacial score (nSPS) is 16.6. The number of amides is 1. The lowest BCUT2D eigenvalue weighted by Crippen LogP contribution is -2.29. The summed E-state index contributed by atoms with van der Waals surface area (Å²) in [6.45, 7) is 0. The monoisotopic (exact) mass is 589 g/mol. The van der Waals surface area contributed by atoms with Crippen LogP contribution in [0.4, 0.5) is 9.52 Å². The summed E-state index contributed by atoms with van der Waals surface area (Å²) in [5.74, 6) is -2.26. The fourth-order valence-corrected chi connectivity index (χ4v) is 7.33. The Morgan fingerprint density at radius 3 is 2.67 bits per heavy atom. The molecule has 6 rings (SSSR count). The number of carbonyl (C=O) groups is 2. The van der Waals surface area contributed by atoms with Gasteiger partial charge in [-0.25, -0.2) is 4.39 Å². The maximum Gasteiger partial charge on any atom is 0.301 e. The van der Waals surface area contributed by atoms with Crippen molar-refractivity contribution >= 4 is 67.8 Å². The Morgan fingerprint density at radius 2 is 1.90 bits per heavy atom. The van der Waals surface area contributed by atoms with Gasteiger partial charge in [0.2, 0.25) is 5.13 Å². The number of aliphatic hydroxyl groups excluding tert-OH is 1. The number of hydrogen-bond donors (Lipinski definition) is 1. The number of thioether (sulfide) groups is 1. The molecule has 7 nitrogen and oxygen atoms in total. The maximum atomic E-state index is 14.4. The predicted octanol–water partition coefficient (Wildman–Crippen LogP) is 6.82. The lowest BCUT2D eigenvalue weighted by Gasteiger charge is -2.20. The molecule has 3 aromatic carbocycles. The Morgan fingerprint density at radius 1 is 1.07 bits per heavy atom. The van der Waals surface area contributed by atoms with Crippen LogP contribution in [0.1, 0.15) is 22.0 Å². The topological polar surface area (TPSA) is 92.6 Å². The minimum Gasteiger partial charge on any atom is -0.507 e. The summed E-state index contributed by atoms with van der Waals surface area (Å²) in [6.07, 6.45) is 0. The number of ether oxygens (including phenoxy) is 1. The van der Waals surface area contributed by atoms with E-state index in [1.54, 1.807) is 12.1 Å². The van der Waals surface area contributed by atoms with Crippen LogP contribution in [0.15, 0.2) is 88.1 Å². The Kier molecular flexibility index (Phi) is 7.09. The highest BCUT2D eigenvalue weighted by molar-refractivity contribution is 8.00. The van der Waals surface area contributed by atoms with Crippen LogP contribution >= 0.6 is 34.4 Å². The average molecular weight is 590 g/mol. The number of rotatable bonds is 7. The van der Waals surface area contributed by atoms with E-state index in [1.807, 2.05) is 23.6 Å². The van der Waals surface area contributed by atoms with Crippen molar-refractivity contribution in [3.8, 4) is 5.75 Å². The second-order valence-corrected chi connectivity index (χ2v) is 12.0. The number of fused-ring (bicyclic) bond motifs is 1. The number of carbonyl (C=O) groups excluding carboxylic acids is 2. The SMILES string of the molecule is COc1ccc(C(O)=C2C(=O)C(=O)N(c3nnc(SCc4cccc5ccccc45)s3)[C@@H]2c2cccs2)cc1F. The molecule has 0 saturated carbocycles. The van der Waals surface area contributed by atoms with Crippen molar-refractivity contribution in [2.24, 2.45) is 0 Å². The first-order chi connectivity index (χ1) is 19.5. The molecule has 1 amide bonds. The van der Waals surface area contributed by atoms with Gasteiger partial charge >= 0.3 is 5.91 Å². The zero-order valence-electron chi connectivity index (χ0n) is 20.9. The summed E-state index contributed by atoms with van der Waals surface area (Å²) in [5.41, 5.74) is 1.06. The van der Waals surface area contributed by atoms with E-state index < -0.39 is 29.3 Å². The largest absolute Gasteiger partial charge is 0.507 e. The van der Waals surface area contributed by atoms with E-state index in [0.29, 0.717) is 15.0 Å². The second-order valence-electron chi connectivity index (χ2n) is 8.81. The predicted molar refractivity (Wildman–Crippen MR) is 155 cm³/mol. The molecule has 1 fully saturated rings. The van der Waals surface area contributed by atoms with Gasteiger partial charge in [0.25, 0.3) is 5.78 Å². The first-order valence-electron chi connectivity index (χ1n) is 12.1.